The third-order valence-electron chi connectivity index (χ3n) is 8.89. The van der Waals surface area contributed by atoms with Gasteiger partial charge in [-0.2, -0.15) is 0 Å². The molecule has 3 aromatic rings. The summed E-state index contributed by atoms with van der Waals surface area (Å²) in [5.41, 5.74) is 3.37. The average Bonchev–Trinajstić information content (AvgIpc) is 3.34. The van der Waals surface area contributed by atoms with Crippen molar-refractivity contribution in [3.05, 3.63) is 101 Å². The van der Waals surface area contributed by atoms with Crippen LogP contribution in [0.1, 0.15) is 41.0 Å². The maximum atomic E-state index is 13.3. The SMILES string of the molecule is COc1ccccc1CC(=S)C1NCC2(C(=O)O)C3CCC(c4ccccc4)(c4ccccc43)C12. The monoisotopic (exact) mass is 483 g/mol. The molecule has 0 amide bonds. The van der Waals surface area contributed by atoms with Crippen LogP contribution in [0.15, 0.2) is 78.9 Å². The zero-order chi connectivity index (χ0) is 24.2. The average molecular weight is 484 g/mol. The van der Waals surface area contributed by atoms with Crippen molar-refractivity contribution in [2.75, 3.05) is 13.7 Å². The van der Waals surface area contributed by atoms with Crippen LogP contribution >= 0.6 is 12.2 Å². The summed E-state index contributed by atoms with van der Waals surface area (Å²) in [5.74, 6) is -0.105. The van der Waals surface area contributed by atoms with E-state index >= 15 is 0 Å². The molecule has 4 nitrogen and oxygen atoms in total. The zero-order valence-corrected chi connectivity index (χ0v) is 20.6. The predicted octanol–water partition coefficient (Wildman–Crippen LogP) is 5.14. The Morgan fingerprint density at radius 3 is 2.54 bits per heavy atom. The van der Waals surface area contributed by atoms with Gasteiger partial charge in [-0.1, -0.05) is 85.0 Å². The molecule has 4 aliphatic rings. The molecule has 7 rings (SSSR count). The Labute approximate surface area is 211 Å². The lowest BCUT2D eigenvalue weighted by Crippen LogP contribution is -2.62. The van der Waals surface area contributed by atoms with E-state index in [0.717, 1.165) is 29.0 Å². The van der Waals surface area contributed by atoms with Crippen LogP contribution in [-0.4, -0.2) is 35.6 Å². The first-order chi connectivity index (χ1) is 17.0. The third kappa shape index (κ3) is 3.01. The van der Waals surface area contributed by atoms with E-state index in [-0.39, 0.29) is 17.9 Å². The van der Waals surface area contributed by atoms with Gasteiger partial charge in [-0.15, -0.1) is 0 Å². The van der Waals surface area contributed by atoms with E-state index in [2.05, 4.69) is 53.8 Å². The van der Waals surface area contributed by atoms with Crippen molar-refractivity contribution >= 4 is 23.1 Å². The van der Waals surface area contributed by atoms with E-state index in [1.165, 1.54) is 16.7 Å². The highest BCUT2D eigenvalue weighted by molar-refractivity contribution is 7.80. The summed E-state index contributed by atoms with van der Waals surface area (Å²) in [4.78, 5) is 14.1. The number of aliphatic carboxylic acids is 1. The second-order valence-electron chi connectivity index (χ2n) is 10.2. The summed E-state index contributed by atoms with van der Waals surface area (Å²) in [6.45, 7) is 0.428. The number of ether oxygens (including phenoxy) is 1. The Morgan fingerprint density at radius 2 is 1.77 bits per heavy atom. The molecule has 2 fully saturated rings. The van der Waals surface area contributed by atoms with Crippen LogP contribution in [0.5, 0.6) is 5.75 Å². The third-order valence-corrected chi connectivity index (χ3v) is 9.29. The van der Waals surface area contributed by atoms with Crippen molar-refractivity contribution in [2.45, 2.75) is 36.6 Å². The lowest BCUT2D eigenvalue weighted by atomic mass is 9.41. The minimum Gasteiger partial charge on any atom is -0.496 e. The summed E-state index contributed by atoms with van der Waals surface area (Å²) in [7, 11) is 1.67. The number of para-hydroxylation sites is 1. The van der Waals surface area contributed by atoms with Crippen LogP contribution in [-0.2, 0) is 16.6 Å². The van der Waals surface area contributed by atoms with Gasteiger partial charge in [0.25, 0.3) is 0 Å². The zero-order valence-electron chi connectivity index (χ0n) is 19.7. The molecule has 1 aliphatic heterocycles. The minimum atomic E-state index is -0.905. The topological polar surface area (TPSA) is 58.6 Å². The van der Waals surface area contributed by atoms with E-state index < -0.39 is 16.8 Å². The van der Waals surface area contributed by atoms with Gasteiger partial charge in [-0.05, 0) is 41.2 Å². The van der Waals surface area contributed by atoms with E-state index in [4.69, 9.17) is 17.0 Å². The lowest BCUT2D eigenvalue weighted by molar-refractivity contribution is -0.157. The number of hydrogen-bond acceptors (Lipinski definition) is 4. The number of carboxylic acid groups (broad SMARTS) is 1. The molecule has 0 radical (unpaired) electrons. The summed E-state index contributed by atoms with van der Waals surface area (Å²) in [6, 6.07) is 26.8. The van der Waals surface area contributed by atoms with Crippen molar-refractivity contribution in [2.24, 2.45) is 11.3 Å². The van der Waals surface area contributed by atoms with E-state index in [9.17, 15) is 9.90 Å². The molecule has 0 spiro atoms. The molecule has 1 heterocycles. The van der Waals surface area contributed by atoms with Gasteiger partial charge in [0, 0.05) is 41.1 Å². The van der Waals surface area contributed by atoms with E-state index in [0.29, 0.717) is 13.0 Å². The Kier molecular flexibility index (Phi) is 5.31. The molecule has 5 heteroatoms. The molecule has 35 heavy (non-hydrogen) atoms. The molecule has 1 saturated carbocycles. The molecule has 5 unspecified atom stereocenters. The van der Waals surface area contributed by atoms with Crippen molar-refractivity contribution in [1.82, 2.24) is 5.32 Å². The number of benzene rings is 3. The maximum Gasteiger partial charge on any atom is 0.311 e. The van der Waals surface area contributed by atoms with Crippen molar-refractivity contribution in [3.8, 4) is 5.75 Å². The number of fused-ring (bicyclic) bond motifs is 1. The van der Waals surface area contributed by atoms with Gasteiger partial charge in [-0.25, -0.2) is 0 Å². The van der Waals surface area contributed by atoms with Gasteiger partial charge in [0.05, 0.1) is 12.5 Å². The molecule has 5 atom stereocenters. The first-order valence-electron chi connectivity index (χ1n) is 12.3. The standard InChI is InChI=1S/C30H29NO3S/c1-34-24-14-8-5-9-19(24)17-25(35)26-27-29(20-10-3-2-4-11-20)16-15-23(21-12-6-7-13-22(21)29)30(27,18-31-26)28(32)33/h2-14,23,26-27,31H,15-18H2,1H3,(H,32,33). The number of carboxylic acids is 1. The van der Waals surface area contributed by atoms with Crippen LogP contribution in [0, 0.1) is 11.3 Å². The van der Waals surface area contributed by atoms with Crippen LogP contribution in [0.25, 0.3) is 0 Å². The highest BCUT2D eigenvalue weighted by Gasteiger charge is 2.71. The molecule has 3 aromatic carbocycles. The molecule has 2 N–H and O–H groups in total. The fraction of sp³-hybridized carbons (Fsp3) is 0.333. The Balaban J connectivity index is 1.54. The summed E-state index contributed by atoms with van der Waals surface area (Å²) < 4.78 is 5.58. The molecule has 0 aromatic heterocycles. The van der Waals surface area contributed by atoms with Crippen LogP contribution in [0.3, 0.4) is 0 Å². The van der Waals surface area contributed by atoms with Crippen LogP contribution < -0.4 is 10.1 Å². The van der Waals surface area contributed by atoms with Crippen LogP contribution in [0.2, 0.25) is 0 Å². The van der Waals surface area contributed by atoms with Gasteiger partial charge in [0.1, 0.15) is 5.75 Å². The van der Waals surface area contributed by atoms with Crippen molar-refractivity contribution in [3.63, 3.8) is 0 Å². The second kappa shape index (κ2) is 8.28. The summed E-state index contributed by atoms with van der Waals surface area (Å²) in [6.07, 6.45) is 2.36. The number of nitrogens with one attached hydrogen (secondary N) is 1. The first kappa shape index (κ1) is 22.4. The summed E-state index contributed by atoms with van der Waals surface area (Å²) >= 11 is 6.11. The van der Waals surface area contributed by atoms with Gasteiger partial charge in [-0.3, -0.25) is 4.79 Å². The number of hydrogen-bond donors (Lipinski definition) is 2. The van der Waals surface area contributed by atoms with Crippen molar-refractivity contribution in [1.29, 1.82) is 0 Å². The van der Waals surface area contributed by atoms with Crippen LogP contribution in [0.4, 0.5) is 0 Å². The number of thiocarbonyl (C=S) groups is 1. The quantitative estimate of drug-likeness (QED) is 0.475. The number of rotatable bonds is 6. The fourth-order valence-corrected chi connectivity index (χ4v) is 7.99. The van der Waals surface area contributed by atoms with Crippen molar-refractivity contribution < 1.29 is 14.6 Å². The lowest BCUT2D eigenvalue weighted by Gasteiger charge is -2.60. The van der Waals surface area contributed by atoms with Gasteiger partial charge in [0.15, 0.2) is 0 Å². The second-order valence-corrected chi connectivity index (χ2v) is 10.7. The predicted molar refractivity (Wildman–Crippen MR) is 140 cm³/mol. The first-order valence-corrected chi connectivity index (χ1v) is 12.7. The molecule has 2 bridgehead atoms. The molecule has 178 valence electrons. The molecule has 1 saturated heterocycles. The Bertz CT molecular complexity index is 1310. The maximum absolute atomic E-state index is 13.3. The Hall–Kier alpha value is -3.02. The number of methoxy groups -OCH3 is 1. The molecule has 3 aliphatic carbocycles. The highest BCUT2D eigenvalue weighted by Crippen LogP contribution is 2.69. The number of carbonyl (C=O) groups is 1. The minimum absolute atomic E-state index is 0.0293. The molecular weight excluding hydrogens is 454 g/mol. The van der Waals surface area contributed by atoms with E-state index in [1.54, 1.807) is 7.11 Å². The highest BCUT2D eigenvalue weighted by atomic mass is 32.1. The largest absolute Gasteiger partial charge is 0.496 e. The summed E-state index contributed by atoms with van der Waals surface area (Å²) in [5, 5.41) is 14.5. The van der Waals surface area contributed by atoms with Gasteiger partial charge < -0.3 is 15.2 Å². The molecular formula is C30H29NO3S. The Morgan fingerprint density at radius 1 is 1.06 bits per heavy atom. The normalized spacial score (nSPS) is 30.4. The van der Waals surface area contributed by atoms with Gasteiger partial charge >= 0.3 is 5.97 Å². The smallest absolute Gasteiger partial charge is 0.311 e. The fourth-order valence-electron chi connectivity index (χ4n) is 7.61. The van der Waals surface area contributed by atoms with Gasteiger partial charge in [0.2, 0.25) is 0 Å². The van der Waals surface area contributed by atoms with E-state index in [1.807, 2.05) is 30.3 Å².